The van der Waals surface area contributed by atoms with Crippen molar-refractivity contribution < 1.29 is 13.2 Å². The molecular formula is C19H25NO3S2. The molecule has 0 N–H and O–H groups in total. The van der Waals surface area contributed by atoms with Gasteiger partial charge in [0.15, 0.2) is 0 Å². The van der Waals surface area contributed by atoms with Gasteiger partial charge in [0.25, 0.3) is 0 Å². The molecule has 136 valence electrons. The molecule has 1 aromatic heterocycles. The summed E-state index contributed by atoms with van der Waals surface area (Å²) < 4.78 is 33.6. The van der Waals surface area contributed by atoms with E-state index in [9.17, 15) is 8.42 Å². The van der Waals surface area contributed by atoms with E-state index in [0.29, 0.717) is 18.0 Å². The Hall–Kier alpha value is -1.37. The fraction of sp³-hybridized carbons (Fsp3) is 0.474. The van der Waals surface area contributed by atoms with E-state index >= 15 is 0 Å². The summed E-state index contributed by atoms with van der Waals surface area (Å²) in [7, 11) is -3.47. The molecule has 3 rings (SSSR count). The molecule has 4 nitrogen and oxygen atoms in total. The van der Waals surface area contributed by atoms with Crippen molar-refractivity contribution in [3.63, 3.8) is 0 Å². The second-order valence-electron chi connectivity index (χ2n) is 6.45. The predicted molar refractivity (Wildman–Crippen MR) is 102 cm³/mol. The fourth-order valence-corrected chi connectivity index (χ4v) is 5.30. The summed E-state index contributed by atoms with van der Waals surface area (Å²) in [5, 5.41) is 2.03. The Bertz CT molecular complexity index is 796. The van der Waals surface area contributed by atoms with Crippen LogP contribution in [0, 0.1) is 6.92 Å². The van der Waals surface area contributed by atoms with E-state index in [1.165, 1.54) is 4.88 Å². The topological polar surface area (TPSA) is 46.6 Å². The highest BCUT2D eigenvalue weighted by atomic mass is 32.2. The Kier molecular flexibility index (Phi) is 5.81. The van der Waals surface area contributed by atoms with Crippen LogP contribution >= 0.6 is 11.3 Å². The minimum atomic E-state index is -3.47. The van der Waals surface area contributed by atoms with Crippen LogP contribution in [0.15, 0.2) is 40.6 Å². The van der Waals surface area contributed by atoms with E-state index in [4.69, 9.17) is 4.74 Å². The van der Waals surface area contributed by atoms with Crippen LogP contribution in [0.25, 0.3) is 0 Å². The molecule has 0 aliphatic heterocycles. The van der Waals surface area contributed by atoms with Gasteiger partial charge in [-0.05, 0) is 67.8 Å². The van der Waals surface area contributed by atoms with E-state index in [-0.39, 0.29) is 6.04 Å². The first-order valence-electron chi connectivity index (χ1n) is 8.80. The summed E-state index contributed by atoms with van der Waals surface area (Å²) in [6.07, 6.45) is 3.61. The molecular weight excluding hydrogens is 354 g/mol. The van der Waals surface area contributed by atoms with E-state index in [0.717, 1.165) is 37.0 Å². The second-order valence-corrected chi connectivity index (χ2v) is 9.37. The number of hydrogen-bond donors (Lipinski definition) is 0. The number of sulfonamides is 1. The zero-order chi connectivity index (χ0) is 17.9. The zero-order valence-corrected chi connectivity index (χ0v) is 16.4. The number of thiophene rings is 1. The predicted octanol–water partition coefficient (Wildman–Crippen LogP) is 4.24. The lowest BCUT2D eigenvalue weighted by Gasteiger charge is -2.22. The van der Waals surface area contributed by atoms with Gasteiger partial charge >= 0.3 is 0 Å². The van der Waals surface area contributed by atoms with Crippen LogP contribution in [0.2, 0.25) is 0 Å². The van der Waals surface area contributed by atoms with Gasteiger partial charge in [-0.25, -0.2) is 8.42 Å². The third-order valence-electron chi connectivity index (χ3n) is 4.33. The summed E-state index contributed by atoms with van der Waals surface area (Å²) in [6, 6.07) is 9.42. The molecule has 0 radical (unpaired) electrons. The quantitative estimate of drug-likeness (QED) is 0.655. The largest absolute Gasteiger partial charge is 0.493 e. The first-order valence-corrected chi connectivity index (χ1v) is 11.1. The lowest BCUT2D eigenvalue weighted by molar-refractivity contribution is 0.315. The highest BCUT2D eigenvalue weighted by Gasteiger charge is 2.37. The molecule has 0 saturated heterocycles. The maximum atomic E-state index is 13.1. The molecule has 1 fully saturated rings. The standard InChI is InChI=1S/C19H25NO3S2/c1-3-12-23-19-9-8-18(14-15(19)2)25(21,22)20(16-6-7-16)11-10-17-5-4-13-24-17/h4-5,8-9,13-14,16H,3,6-7,10-12H2,1-2H3. The van der Waals surface area contributed by atoms with Crippen molar-refractivity contribution in [2.24, 2.45) is 0 Å². The number of benzene rings is 1. The normalized spacial score (nSPS) is 14.8. The van der Waals surface area contributed by atoms with Crippen LogP contribution in [0.1, 0.15) is 36.6 Å². The van der Waals surface area contributed by atoms with Crippen molar-refractivity contribution in [2.45, 2.75) is 50.5 Å². The van der Waals surface area contributed by atoms with Crippen LogP contribution in [0.4, 0.5) is 0 Å². The molecule has 1 saturated carbocycles. The fourth-order valence-electron chi connectivity index (χ4n) is 2.83. The van der Waals surface area contributed by atoms with Crippen molar-refractivity contribution in [1.29, 1.82) is 0 Å². The van der Waals surface area contributed by atoms with Gasteiger partial charge in [-0.2, -0.15) is 4.31 Å². The lowest BCUT2D eigenvalue weighted by Crippen LogP contribution is -2.34. The van der Waals surface area contributed by atoms with Gasteiger partial charge in [0.1, 0.15) is 5.75 Å². The monoisotopic (exact) mass is 379 g/mol. The Morgan fingerprint density at radius 2 is 2.08 bits per heavy atom. The summed E-state index contributed by atoms with van der Waals surface area (Å²) in [5.74, 6) is 0.761. The van der Waals surface area contributed by atoms with Gasteiger partial charge in [-0.1, -0.05) is 13.0 Å². The van der Waals surface area contributed by atoms with Crippen molar-refractivity contribution in [1.82, 2.24) is 4.31 Å². The van der Waals surface area contributed by atoms with Crippen LogP contribution in [0.3, 0.4) is 0 Å². The Balaban J connectivity index is 1.79. The summed E-state index contributed by atoms with van der Waals surface area (Å²) in [5.41, 5.74) is 0.864. The summed E-state index contributed by atoms with van der Waals surface area (Å²) >= 11 is 1.68. The minimum Gasteiger partial charge on any atom is -0.493 e. The van der Waals surface area contributed by atoms with E-state index < -0.39 is 10.0 Å². The average molecular weight is 380 g/mol. The smallest absolute Gasteiger partial charge is 0.243 e. The van der Waals surface area contributed by atoms with Crippen molar-refractivity contribution in [2.75, 3.05) is 13.2 Å². The molecule has 0 atom stereocenters. The SMILES string of the molecule is CCCOc1ccc(S(=O)(=O)N(CCc2cccs2)C2CC2)cc1C. The minimum absolute atomic E-state index is 0.154. The van der Waals surface area contributed by atoms with E-state index in [1.54, 1.807) is 33.8 Å². The molecule has 0 spiro atoms. The van der Waals surface area contributed by atoms with Gasteiger partial charge in [0, 0.05) is 17.5 Å². The molecule has 2 aromatic rings. The summed E-state index contributed by atoms with van der Waals surface area (Å²) in [6.45, 7) is 5.13. The highest BCUT2D eigenvalue weighted by molar-refractivity contribution is 7.89. The third kappa shape index (κ3) is 4.43. The van der Waals surface area contributed by atoms with Gasteiger partial charge < -0.3 is 4.74 Å². The summed E-state index contributed by atoms with van der Waals surface area (Å²) in [4.78, 5) is 1.59. The molecule has 0 bridgehead atoms. The molecule has 0 amide bonds. The van der Waals surface area contributed by atoms with Crippen LogP contribution < -0.4 is 4.74 Å². The number of aryl methyl sites for hydroxylation is 1. The molecule has 1 aliphatic rings. The molecule has 25 heavy (non-hydrogen) atoms. The third-order valence-corrected chi connectivity index (χ3v) is 7.21. The number of hydrogen-bond acceptors (Lipinski definition) is 4. The van der Waals surface area contributed by atoms with E-state index in [1.807, 2.05) is 18.4 Å². The van der Waals surface area contributed by atoms with Gasteiger partial charge in [-0.15, -0.1) is 11.3 Å². The van der Waals surface area contributed by atoms with Crippen molar-refractivity contribution in [3.05, 3.63) is 46.2 Å². The first kappa shape index (κ1) is 18.4. The highest BCUT2D eigenvalue weighted by Crippen LogP contribution is 2.33. The van der Waals surface area contributed by atoms with E-state index in [2.05, 4.69) is 13.0 Å². The van der Waals surface area contributed by atoms with Crippen molar-refractivity contribution >= 4 is 21.4 Å². The lowest BCUT2D eigenvalue weighted by atomic mass is 10.2. The van der Waals surface area contributed by atoms with Crippen molar-refractivity contribution in [3.8, 4) is 5.75 Å². The number of nitrogens with zero attached hydrogens (tertiary/aromatic N) is 1. The van der Waals surface area contributed by atoms with Gasteiger partial charge in [0.2, 0.25) is 10.0 Å². The molecule has 0 unspecified atom stereocenters. The van der Waals surface area contributed by atoms with Crippen LogP contribution in [-0.2, 0) is 16.4 Å². The Labute approximate surface area is 154 Å². The average Bonchev–Trinajstić information content (AvgIpc) is 3.28. The molecule has 1 aromatic carbocycles. The van der Waals surface area contributed by atoms with Gasteiger partial charge in [0.05, 0.1) is 11.5 Å². The first-order chi connectivity index (χ1) is 12.0. The Morgan fingerprint density at radius 3 is 2.68 bits per heavy atom. The van der Waals surface area contributed by atoms with Crippen LogP contribution in [0.5, 0.6) is 5.75 Å². The number of rotatable bonds is 9. The maximum absolute atomic E-state index is 13.1. The zero-order valence-electron chi connectivity index (χ0n) is 14.8. The Morgan fingerprint density at radius 1 is 1.28 bits per heavy atom. The molecule has 1 aliphatic carbocycles. The maximum Gasteiger partial charge on any atom is 0.243 e. The van der Waals surface area contributed by atoms with Gasteiger partial charge in [-0.3, -0.25) is 0 Å². The molecule has 1 heterocycles. The second kappa shape index (κ2) is 7.89. The molecule has 6 heteroatoms. The van der Waals surface area contributed by atoms with Crippen LogP contribution in [-0.4, -0.2) is 31.9 Å². The number of ether oxygens (including phenoxy) is 1.